The van der Waals surface area contributed by atoms with Crippen molar-refractivity contribution in [1.82, 2.24) is 0 Å². The third-order valence-corrected chi connectivity index (χ3v) is 5.37. The van der Waals surface area contributed by atoms with Crippen molar-refractivity contribution in [3.05, 3.63) is 12.2 Å². The van der Waals surface area contributed by atoms with Crippen LogP contribution in [0.25, 0.3) is 0 Å². The topological polar surface area (TPSA) is 57.5 Å². The summed E-state index contributed by atoms with van der Waals surface area (Å²) in [4.78, 5) is 11.0. The average molecular weight is 252 g/mol. The van der Waals surface area contributed by atoms with E-state index in [2.05, 4.69) is 13.5 Å². The van der Waals surface area contributed by atoms with Gasteiger partial charge in [0.15, 0.2) is 0 Å². The minimum atomic E-state index is -0.890. The number of aliphatic carboxylic acids is 1. The van der Waals surface area contributed by atoms with Gasteiger partial charge in [0, 0.05) is 5.57 Å². The second-order valence-corrected chi connectivity index (χ2v) is 6.72. The van der Waals surface area contributed by atoms with Crippen molar-refractivity contribution in [2.75, 3.05) is 0 Å². The minimum Gasteiger partial charge on any atom is -0.478 e. The predicted octanol–water partition coefficient (Wildman–Crippen LogP) is 2.98. The number of aliphatic hydroxyl groups is 1. The van der Waals surface area contributed by atoms with Gasteiger partial charge in [-0.05, 0) is 56.3 Å². The number of carboxylic acids is 1. The summed E-state index contributed by atoms with van der Waals surface area (Å²) in [7, 11) is 0. The summed E-state index contributed by atoms with van der Waals surface area (Å²) in [5.41, 5.74) is -0.153. The zero-order chi connectivity index (χ0) is 13.6. The number of carbonyl (C=O) groups is 1. The van der Waals surface area contributed by atoms with Crippen molar-refractivity contribution in [2.45, 2.75) is 58.0 Å². The molecule has 102 valence electrons. The Labute approximate surface area is 109 Å². The van der Waals surface area contributed by atoms with Crippen molar-refractivity contribution >= 4 is 5.97 Å². The smallest absolute Gasteiger partial charge is 0.331 e. The van der Waals surface area contributed by atoms with Gasteiger partial charge in [-0.25, -0.2) is 4.79 Å². The van der Waals surface area contributed by atoms with Crippen LogP contribution in [0.4, 0.5) is 0 Å². The zero-order valence-electron chi connectivity index (χ0n) is 11.4. The lowest BCUT2D eigenvalue weighted by molar-refractivity contribution is -0.137. The third kappa shape index (κ3) is 2.20. The van der Waals surface area contributed by atoms with E-state index in [9.17, 15) is 9.90 Å². The quantitative estimate of drug-likeness (QED) is 0.743. The molecule has 0 radical (unpaired) electrons. The molecule has 0 amide bonds. The fourth-order valence-corrected chi connectivity index (χ4v) is 4.18. The monoisotopic (exact) mass is 252 g/mol. The Morgan fingerprint density at radius 1 is 1.28 bits per heavy atom. The van der Waals surface area contributed by atoms with Crippen LogP contribution >= 0.6 is 0 Å². The zero-order valence-corrected chi connectivity index (χ0v) is 11.4. The molecule has 0 aromatic carbocycles. The summed E-state index contributed by atoms with van der Waals surface area (Å²) in [5, 5.41) is 19.7. The maximum atomic E-state index is 11.0. The van der Waals surface area contributed by atoms with E-state index in [4.69, 9.17) is 5.11 Å². The van der Waals surface area contributed by atoms with E-state index in [1.807, 2.05) is 6.92 Å². The highest BCUT2D eigenvalue weighted by atomic mass is 16.4. The molecule has 2 fully saturated rings. The van der Waals surface area contributed by atoms with Gasteiger partial charge in [-0.15, -0.1) is 0 Å². The van der Waals surface area contributed by atoms with Gasteiger partial charge in [-0.1, -0.05) is 19.9 Å². The average Bonchev–Trinajstić information content (AvgIpc) is 2.27. The van der Waals surface area contributed by atoms with Gasteiger partial charge < -0.3 is 10.2 Å². The lowest BCUT2D eigenvalue weighted by Gasteiger charge is -2.54. The number of rotatable bonds is 2. The molecule has 3 nitrogen and oxygen atoms in total. The molecule has 0 saturated heterocycles. The Bertz CT molecular complexity index is 372. The molecule has 2 N–H and O–H groups in total. The van der Waals surface area contributed by atoms with Gasteiger partial charge in [0.2, 0.25) is 0 Å². The summed E-state index contributed by atoms with van der Waals surface area (Å²) in [6.45, 7) is 7.88. The van der Waals surface area contributed by atoms with Crippen LogP contribution in [0.5, 0.6) is 0 Å². The number of hydrogen-bond donors (Lipinski definition) is 2. The molecule has 0 bridgehead atoms. The SMILES string of the molecule is C=C(C(=O)O)[C@@H]1CC[C@@]2(C)CCC[C@](C)(O)[C@H]2C1. The first kappa shape index (κ1) is 13.6. The Hall–Kier alpha value is -0.830. The van der Waals surface area contributed by atoms with Crippen molar-refractivity contribution in [2.24, 2.45) is 17.3 Å². The van der Waals surface area contributed by atoms with E-state index >= 15 is 0 Å². The van der Waals surface area contributed by atoms with E-state index in [0.29, 0.717) is 5.57 Å². The van der Waals surface area contributed by atoms with E-state index in [1.54, 1.807) is 0 Å². The van der Waals surface area contributed by atoms with Crippen LogP contribution in [0.2, 0.25) is 0 Å². The molecule has 0 aromatic heterocycles. The fourth-order valence-electron chi connectivity index (χ4n) is 4.18. The normalized spacial score (nSPS) is 44.2. The molecular formula is C15H24O3. The summed E-state index contributed by atoms with van der Waals surface area (Å²) in [6, 6.07) is 0. The van der Waals surface area contributed by atoms with Crippen molar-refractivity contribution < 1.29 is 15.0 Å². The summed E-state index contributed by atoms with van der Waals surface area (Å²) in [5.74, 6) is -0.655. The van der Waals surface area contributed by atoms with Crippen LogP contribution in [0.1, 0.15) is 52.4 Å². The molecule has 2 rings (SSSR count). The van der Waals surface area contributed by atoms with E-state index in [-0.39, 0.29) is 17.3 Å². The fraction of sp³-hybridized carbons (Fsp3) is 0.800. The number of hydrogen-bond acceptors (Lipinski definition) is 2. The van der Waals surface area contributed by atoms with E-state index in [0.717, 1.165) is 38.5 Å². The molecule has 0 aromatic rings. The highest BCUT2D eigenvalue weighted by Gasteiger charge is 2.51. The van der Waals surface area contributed by atoms with Gasteiger partial charge in [0.1, 0.15) is 0 Å². The van der Waals surface area contributed by atoms with Crippen LogP contribution < -0.4 is 0 Å². The Balaban J connectivity index is 2.19. The standard InChI is InChI=1S/C15H24O3/c1-10(13(16)17)11-5-8-14(2)6-4-7-15(3,18)12(14)9-11/h11-12,18H,1,4-9H2,2-3H3,(H,16,17)/t11-,12+,14-,15+/m1/s1. The number of fused-ring (bicyclic) bond motifs is 1. The van der Waals surface area contributed by atoms with Gasteiger partial charge in [0.25, 0.3) is 0 Å². The molecular weight excluding hydrogens is 228 g/mol. The first-order chi connectivity index (χ1) is 8.26. The van der Waals surface area contributed by atoms with Crippen LogP contribution in [0, 0.1) is 17.3 Å². The van der Waals surface area contributed by atoms with Gasteiger partial charge in [0.05, 0.1) is 5.60 Å². The maximum Gasteiger partial charge on any atom is 0.331 e. The summed E-state index contributed by atoms with van der Waals surface area (Å²) < 4.78 is 0. The molecule has 2 aliphatic carbocycles. The third-order valence-electron chi connectivity index (χ3n) is 5.37. The van der Waals surface area contributed by atoms with Crippen molar-refractivity contribution in [3.63, 3.8) is 0 Å². The Morgan fingerprint density at radius 3 is 2.56 bits per heavy atom. The molecule has 0 unspecified atom stereocenters. The lowest BCUT2D eigenvalue weighted by Crippen LogP contribution is -2.51. The van der Waals surface area contributed by atoms with Crippen LogP contribution in [-0.2, 0) is 4.79 Å². The molecule has 0 aliphatic heterocycles. The first-order valence-electron chi connectivity index (χ1n) is 6.91. The van der Waals surface area contributed by atoms with Gasteiger partial charge in [-0.2, -0.15) is 0 Å². The highest BCUT2D eigenvalue weighted by molar-refractivity contribution is 5.86. The Morgan fingerprint density at radius 2 is 1.94 bits per heavy atom. The van der Waals surface area contributed by atoms with Crippen LogP contribution in [0.3, 0.4) is 0 Å². The Kier molecular flexibility index (Phi) is 3.30. The highest BCUT2D eigenvalue weighted by Crippen LogP contribution is 2.56. The summed E-state index contributed by atoms with van der Waals surface area (Å²) >= 11 is 0. The minimum absolute atomic E-state index is 0.0325. The molecule has 18 heavy (non-hydrogen) atoms. The molecule has 4 atom stereocenters. The largest absolute Gasteiger partial charge is 0.478 e. The second-order valence-electron chi connectivity index (χ2n) is 6.72. The molecule has 2 saturated carbocycles. The van der Waals surface area contributed by atoms with Crippen molar-refractivity contribution in [1.29, 1.82) is 0 Å². The van der Waals surface area contributed by atoms with Crippen molar-refractivity contribution in [3.8, 4) is 0 Å². The summed E-state index contributed by atoms with van der Waals surface area (Å²) in [6.07, 6.45) is 5.73. The maximum absolute atomic E-state index is 11.0. The molecule has 0 spiro atoms. The molecule has 3 heteroatoms. The van der Waals surface area contributed by atoms with Gasteiger partial charge in [-0.3, -0.25) is 0 Å². The van der Waals surface area contributed by atoms with E-state index < -0.39 is 11.6 Å². The second kappa shape index (κ2) is 4.37. The lowest BCUT2D eigenvalue weighted by atomic mass is 9.53. The number of carboxylic acid groups (broad SMARTS) is 1. The van der Waals surface area contributed by atoms with Crippen LogP contribution in [0.15, 0.2) is 12.2 Å². The van der Waals surface area contributed by atoms with Gasteiger partial charge >= 0.3 is 5.97 Å². The van der Waals surface area contributed by atoms with E-state index in [1.165, 1.54) is 0 Å². The first-order valence-corrected chi connectivity index (χ1v) is 6.91. The molecule has 0 heterocycles. The predicted molar refractivity (Wildman–Crippen MR) is 70.2 cm³/mol. The molecule has 2 aliphatic rings. The van der Waals surface area contributed by atoms with Crippen LogP contribution in [-0.4, -0.2) is 21.8 Å².